The predicted molar refractivity (Wildman–Crippen MR) is 108 cm³/mol. The molecular weight excluding hydrogens is 360 g/mol. The van der Waals surface area contributed by atoms with Gasteiger partial charge in [-0.2, -0.15) is 0 Å². The molecule has 0 spiro atoms. The van der Waals surface area contributed by atoms with Crippen LogP contribution < -0.4 is 10.2 Å². The number of carbonyl (C=O) groups excluding carboxylic acids is 1. The molecule has 1 aromatic rings. The van der Waals surface area contributed by atoms with Gasteiger partial charge in [0.1, 0.15) is 4.88 Å². The van der Waals surface area contributed by atoms with Crippen LogP contribution in [0.5, 0.6) is 0 Å². The van der Waals surface area contributed by atoms with E-state index in [1.807, 2.05) is 20.8 Å². The van der Waals surface area contributed by atoms with Crippen LogP contribution in [0, 0.1) is 23.2 Å². The van der Waals surface area contributed by atoms with Gasteiger partial charge in [0.15, 0.2) is 0 Å². The topological polar surface area (TPSA) is 69.6 Å². The van der Waals surface area contributed by atoms with Crippen molar-refractivity contribution in [3.05, 3.63) is 15.8 Å². The standard InChI is InChI=1S/C21H28N2O3S/c1-21(2,3)10-9-15-11-16(19(27-15)20(25)26)23-17(12-22-13-18(23)24)14-7-5-4-6-8-14/h11,14,17,22H,4-8,12-13H2,1-3H3,(H,25,26). The van der Waals surface area contributed by atoms with Gasteiger partial charge < -0.3 is 15.3 Å². The first-order valence-corrected chi connectivity index (χ1v) is 10.5. The first-order chi connectivity index (χ1) is 12.8. The smallest absolute Gasteiger partial charge is 0.348 e. The first kappa shape index (κ1) is 19.9. The Hall–Kier alpha value is -1.84. The van der Waals surface area contributed by atoms with Crippen molar-refractivity contribution in [2.24, 2.45) is 11.3 Å². The minimum Gasteiger partial charge on any atom is -0.477 e. The van der Waals surface area contributed by atoms with Crippen LogP contribution in [0.25, 0.3) is 0 Å². The number of nitrogens with one attached hydrogen (secondary N) is 1. The van der Waals surface area contributed by atoms with Crippen LogP contribution >= 0.6 is 11.3 Å². The van der Waals surface area contributed by atoms with Gasteiger partial charge in [0, 0.05) is 12.0 Å². The van der Waals surface area contributed by atoms with Gasteiger partial charge in [-0.05, 0) is 45.6 Å². The molecule has 0 bridgehead atoms. The van der Waals surface area contributed by atoms with E-state index >= 15 is 0 Å². The molecule has 5 nitrogen and oxygen atoms in total. The summed E-state index contributed by atoms with van der Waals surface area (Å²) in [5.74, 6) is 5.63. The molecule has 1 amide bonds. The van der Waals surface area contributed by atoms with E-state index in [-0.39, 0.29) is 28.8 Å². The molecule has 2 aliphatic rings. The van der Waals surface area contributed by atoms with Crippen molar-refractivity contribution >= 4 is 28.9 Å². The number of nitrogens with zero attached hydrogens (tertiary/aromatic N) is 1. The molecule has 146 valence electrons. The molecule has 2 N–H and O–H groups in total. The molecule has 1 aromatic heterocycles. The number of carboxylic acids is 1. The molecule has 1 unspecified atom stereocenters. The Morgan fingerprint density at radius 2 is 2.00 bits per heavy atom. The Morgan fingerprint density at radius 3 is 2.63 bits per heavy atom. The normalized spacial score (nSPS) is 21.7. The van der Waals surface area contributed by atoms with Crippen LogP contribution in [-0.4, -0.2) is 36.1 Å². The third-order valence-electron chi connectivity index (χ3n) is 5.15. The summed E-state index contributed by atoms with van der Waals surface area (Å²) in [5, 5.41) is 12.9. The molecule has 2 heterocycles. The van der Waals surface area contributed by atoms with Gasteiger partial charge in [0.05, 0.1) is 23.2 Å². The van der Waals surface area contributed by atoms with E-state index < -0.39 is 5.97 Å². The van der Waals surface area contributed by atoms with E-state index in [2.05, 4.69) is 17.2 Å². The summed E-state index contributed by atoms with van der Waals surface area (Å²) < 4.78 is 0. The highest BCUT2D eigenvalue weighted by Gasteiger charge is 2.37. The number of hydrogen-bond donors (Lipinski definition) is 2. The second-order valence-electron chi connectivity index (χ2n) is 8.49. The minimum absolute atomic E-state index is 0.0164. The Bertz CT molecular complexity index is 776. The van der Waals surface area contributed by atoms with Crippen molar-refractivity contribution in [2.75, 3.05) is 18.0 Å². The summed E-state index contributed by atoms with van der Waals surface area (Å²) in [6, 6.07) is 1.81. The molecule has 0 radical (unpaired) electrons. The van der Waals surface area contributed by atoms with Crippen LogP contribution in [0.15, 0.2) is 6.07 Å². The van der Waals surface area contributed by atoms with Crippen LogP contribution in [0.1, 0.15) is 67.4 Å². The van der Waals surface area contributed by atoms with Gasteiger partial charge in [-0.1, -0.05) is 31.1 Å². The van der Waals surface area contributed by atoms with Crippen LogP contribution in [-0.2, 0) is 4.79 Å². The minimum atomic E-state index is -0.993. The molecule has 1 aliphatic carbocycles. The molecule has 27 heavy (non-hydrogen) atoms. The zero-order valence-corrected chi connectivity index (χ0v) is 17.1. The third-order valence-corrected chi connectivity index (χ3v) is 6.18. The van der Waals surface area contributed by atoms with Gasteiger partial charge in [-0.3, -0.25) is 4.79 Å². The molecule has 2 fully saturated rings. The molecule has 1 aliphatic heterocycles. The second kappa shape index (κ2) is 8.04. The Kier molecular flexibility index (Phi) is 5.92. The Labute approximate surface area is 165 Å². The summed E-state index contributed by atoms with van der Waals surface area (Å²) >= 11 is 1.17. The number of rotatable bonds is 3. The molecule has 1 atom stereocenters. The van der Waals surface area contributed by atoms with Crippen molar-refractivity contribution < 1.29 is 14.7 Å². The fraction of sp³-hybridized carbons (Fsp3) is 0.619. The van der Waals surface area contributed by atoms with Gasteiger partial charge in [-0.15, -0.1) is 11.3 Å². The average Bonchev–Trinajstić information content (AvgIpc) is 3.04. The second-order valence-corrected chi connectivity index (χ2v) is 9.54. The zero-order valence-electron chi connectivity index (χ0n) is 16.3. The van der Waals surface area contributed by atoms with Crippen LogP contribution in [0.2, 0.25) is 0 Å². The summed E-state index contributed by atoms with van der Waals surface area (Å²) in [7, 11) is 0. The summed E-state index contributed by atoms with van der Waals surface area (Å²) in [4.78, 5) is 27.3. The molecule has 3 rings (SSSR count). The van der Waals surface area contributed by atoms with E-state index in [4.69, 9.17) is 0 Å². The van der Waals surface area contributed by atoms with E-state index in [0.717, 1.165) is 12.8 Å². The lowest BCUT2D eigenvalue weighted by atomic mass is 9.82. The maximum Gasteiger partial charge on any atom is 0.348 e. The maximum atomic E-state index is 12.8. The fourth-order valence-electron chi connectivity index (χ4n) is 3.92. The summed E-state index contributed by atoms with van der Waals surface area (Å²) in [5.41, 5.74) is 0.357. The largest absolute Gasteiger partial charge is 0.477 e. The molecule has 1 saturated heterocycles. The number of carboxylic acid groups (broad SMARTS) is 1. The van der Waals surface area contributed by atoms with Crippen molar-refractivity contribution in [3.8, 4) is 11.8 Å². The third kappa shape index (κ3) is 4.72. The number of aromatic carboxylic acids is 1. The Balaban J connectivity index is 1.99. The van der Waals surface area contributed by atoms with Crippen LogP contribution in [0.3, 0.4) is 0 Å². The lowest BCUT2D eigenvalue weighted by Gasteiger charge is -2.41. The highest BCUT2D eigenvalue weighted by Crippen LogP contribution is 2.37. The number of anilines is 1. The maximum absolute atomic E-state index is 12.8. The highest BCUT2D eigenvalue weighted by atomic mass is 32.1. The highest BCUT2D eigenvalue weighted by molar-refractivity contribution is 7.15. The fourth-order valence-corrected chi connectivity index (χ4v) is 4.76. The monoisotopic (exact) mass is 388 g/mol. The summed E-state index contributed by atoms with van der Waals surface area (Å²) in [6.07, 6.45) is 5.80. The van der Waals surface area contributed by atoms with Crippen molar-refractivity contribution in [1.82, 2.24) is 5.32 Å². The predicted octanol–water partition coefficient (Wildman–Crippen LogP) is 3.73. The molecule has 0 aromatic carbocycles. The molecule has 6 heteroatoms. The number of carbonyl (C=O) groups is 2. The molecule has 1 saturated carbocycles. The van der Waals surface area contributed by atoms with Crippen molar-refractivity contribution in [1.29, 1.82) is 0 Å². The molecular formula is C21H28N2O3S. The Morgan fingerprint density at radius 1 is 1.30 bits per heavy atom. The zero-order chi connectivity index (χ0) is 19.6. The quantitative estimate of drug-likeness (QED) is 0.774. The average molecular weight is 389 g/mol. The number of hydrogen-bond acceptors (Lipinski definition) is 4. The summed E-state index contributed by atoms with van der Waals surface area (Å²) in [6.45, 7) is 7.03. The lowest BCUT2D eigenvalue weighted by molar-refractivity contribution is -0.119. The first-order valence-electron chi connectivity index (χ1n) is 9.69. The van der Waals surface area contributed by atoms with Gasteiger partial charge in [0.25, 0.3) is 0 Å². The SMILES string of the molecule is CC(C)(C)C#Cc1cc(N2C(=O)CNCC2C2CCCCC2)c(C(=O)O)s1. The lowest BCUT2D eigenvalue weighted by Crippen LogP contribution is -2.58. The van der Waals surface area contributed by atoms with E-state index in [1.54, 1.807) is 11.0 Å². The van der Waals surface area contributed by atoms with Gasteiger partial charge >= 0.3 is 5.97 Å². The number of thiophene rings is 1. The van der Waals surface area contributed by atoms with Gasteiger partial charge in [-0.25, -0.2) is 4.79 Å². The van der Waals surface area contributed by atoms with Crippen LogP contribution in [0.4, 0.5) is 5.69 Å². The van der Waals surface area contributed by atoms with Crippen molar-refractivity contribution in [2.45, 2.75) is 58.9 Å². The number of piperazine rings is 1. The van der Waals surface area contributed by atoms with Gasteiger partial charge in [0.2, 0.25) is 5.91 Å². The number of amides is 1. The van der Waals surface area contributed by atoms with E-state index in [1.165, 1.54) is 30.6 Å². The van der Waals surface area contributed by atoms with E-state index in [0.29, 0.717) is 23.0 Å². The van der Waals surface area contributed by atoms with E-state index in [9.17, 15) is 14.7 Å². The van der Waals surface area contributed by atoms with Crippen molar-refractivity contribution in [3.63, 3.8) is 0 Å².